The lowest BCUT2D eigenvalue weighted by Crippen LogP contribution is -2.15. The molecular formula is C23H18O. The van der Waals surface area contributed by atoms with E-state index in [4.69, 9.17) is 4.74 Å². The van der Waals surface area contributed by atoms with Gasteiger partial charge in [0.1, 0.15) is 11.5 Å². The Hall–Kier alpha value is -2.80. The Balaban J connectivity index is 1.78. The molecule has 0 unspecified atom stereocenters. The molecule has 0 bridgehead atoms. The Kier molecular flexibility index (Phi) is 2.90. The molecule has 0 saturated carbocycles. The van der Waals surface area contributed by atoms with E-state index >= 15 is 0 Å². The van der Waals surface area contributed by atoms with Crippen LogP contribution >= 0.6 is 0 Å². The van der Waals surface area contributed by atoms with Crippen LogP contribution in [0.1, 0.15) is 41.0 Å². The molecule has 0 amide bonds. The van der Waals surface area contributed by atoms with E-state index in [1.54, 1.807) is 0 Å². The fraction of sp³-hybridized carbons (Fsp3) is 0.130. The van der Waals surface area contributed by atoms with Gasteiger partial charge in [0.05, 0.1) is 0 Å². The van der Waals surface area contributed by atoms with Gasteiger partial charge in [-0.1, -0.05) is 79.7 Å². The average Bonchev–Trinajstić information content (AvgIpc) is 2.93. The van der Waals surface area contributed by atoms with Gasteiger partial charge in [-0.3, -0.25) is 0 Å². The van der Waals surface area contributed by atoms with Crippen LogP contribution in [-0.4, -0.2) is 0 Å². The van der Waals surface area contributed by atoms with Crippen LogP contribution in [0.2, 0.25) is 0 Å². The van der Waals surface area contributed by atoms with Gasteiger partial charge in [-0.15, -0.1) is 0 Å². The van der Waals surface area contributed by atoms with Crippen molar-refractivity contribution >= 4 is 5.76 Å². The highest BCUT2D eigenvalue weighted by molar-refractivity contribution is 5.80. The van der Waals surface area contributed by atoms with Crippen LogP contribution in [0, 0.1) is 0 Å². The predicted molar refractivity (Wildman–Crippen MR) is 97.1 cm³/mol. The Labute approximate surface area is 142 Å². The van der Waals surface area contributed by atoms with Crippen molar-refractivity contribution in [2.45, 2.75) is 18.8 Å². The fourth-order valence-corrected chi connectivity index (χ4v) is 4.19. The van der Waals surface area contributed by atoms with Gasteiger partial charge in [0, 0.05) is 23.0 Å². The molecule has 5 rings (SSSR count). The molecule has 2 atom stereocenters. The summed E-state index contributed by atoms with van der Waals surface area (Å²) >= 11 is 0. The molecule has 1 aliphatic heterocycles. The van der Waals surface area contributed by atoms with Gasteiger partial charge < -0.3 is 4.74 Å². The number of benzene rings is 3. The van der Waals surface area contributed by atoms with E-state index < -0.39 is 0 Å². The lowest BCUT2D eigenvalue weighted by atomic mass is 9.78. The molecule has 1 heterocycles. The first-order chi connectivity index (χ1) is 11.8. The van der Waals surface area contributed by atoms with Gasteiger partial charge in [-0.25, -0.2) is 0 Å². The van der Waals surface area contributed by atoms with E-state index in [2.05, 4.69) is 85.8 Å². The third kappa shape index (κ3) is 1.81. The number of allylic oxidation sites excluding steroid dienone is 1. The van der Waals surface area contributed by atoms with Crippen molar-refractivity contribution in [1.29, 1.82) is 0 Å². The van der Waals surface area contributed by atoms with Crippen molar-refractivity contribution in [3.05, 3.63) is 107 Å². The molecule has 0 aromatic heterocycles. The minimum absolute atomic E-state index is 0.258. The number of hydrogen-bond donors (Lipinski definition) is 0. The summed E-state index contributed by atoms with van der Waals surface area (Å²) in [4.78, 5) is 0. The minimum atomic E-state index is 0.258. The summed E-state index contributed by atoms with van der Waals surface area (Å²) in [5, 5.41) is 0. The maximum Gasteiger partial charge on any atom is 0.135 e. The van der Waals surface area contributed by atoms with Crippen LogP contribution < -0.4 is 4.74 Å². The van der Waals surface area contributed by atoms with Crippen LogP contribution in [0.25, 0.3) is 5.76 Å². The van der Waals surface area contributed by atoms with Gasteiger partial charge in [-0.05, 0) is 22.8 Å². The first-order valence-electron chi connectivity index (χ1n) is 8.49. The van der Waals surface area contributed by atoms with Gasteiger partial charge in [0.15, 0.2) is 0 Å². The predicted octanol–water partition coefficient (Wildman–Crippen LogP) is 5.74. The third-order valence-corrected chi connectivity index (χ3v) is 5.29. The van der Waals surface area contributed by atoms with E-state index in [0.717, 1.165) is 11.5 Å². The second-order valence-electron chi connectivity index (χ2n) is 6.58. The summed E-state index contributed by atoms with van der Waals surface area (Å²) in [6, 6.07) is 27.9. The fourth-order valence-electron chi connectivity index (χ4n) is 4.19. The quantitative estimate of drug-likeness (QED) is 0.557. The molecule has 3 aromatic carbocycles. The summed E-state index contributed by atoms with van der Waals surface area (Å²) in [5.74, 6) is 2.67. The molecule has 1 nitrogen and oxygen atoms in total. The maximum absolute atomic E-state index is 6.38. The second kappa shape index (κ2) is 5.10. The van der Waals surface area contributed by atoms with E-state index in [-0.39, 0.29) is 5.92 Å². The number of hydrogen-bond acceptors (Lipinski definition) is 1. The van der Waals surface area contributed by atoms with Crippen molar-refractivity contribution in [3.8, 4) is 5.75 Å². The summed E-state index contributed by atoms with van der Waals surface area (Å²) in [6.45, 7) is 2.30. The normalized spacial score (nSPS) is 20.9. The van der Waals surface area contributed by atoms with Crippen molar-refractivity contribution in [2.24, 2.45) is 0 Å². The SMILES string of the molecule is C[C@@H]1C2=C(Oc3ccccc3[C@@H]2c2ccccc2)c2ccccc21. The second-order valence-corrected chi connectivity index (χ2v) is 6.58. The van der Waals surface area contributed by atoms with Crippen molar-refractivity contribution in [1.82, 2.24) is 0 Å². The highest BCUT2D eigenvalue weighted by atomic mass is 16.5. The molecule has 0 fully saturated rings. The van der Waals surface area contributed by atoms with Gasteiger partial charge in [0.2, 0.25) is 0 Å². The van der Waals surface area contributed by atoms with Crippen LogP contribution in [0.15, 0.2) is 84.4 Å². The zero-order valence-electron chi connectivity index (χ0n) is 13.6. The Morgan fingerprint density at radius 1 is 0.708 bits per heavy atom. The number of fused-ring (bicyclic) bond motifs is 3. The Morgan fingerprint density at radius 2 is 1.38 bits per heavy atom. The highest BCUT2D eigenvalue weighted by Gasteiger charge is 2.39. The summed E-state index contributed by atoms with van der Waals surface area (Å²) in [5.41, 5.74) is 6.61. The maximum atomic E-state index is 6.38. The van der Waals surface area contributed by atoms with Gasteiger partial charge in [-0.2, -0.15) is 0 Å². The van der Waals surface area contributed by atoms with E-state index in [9.17, 15) is 0 Å². The number of ether oxygens (including phenoxy) is 1. The van der Waals surface area contributed by atoms with Crippen molar-refractivity contribution < 1.29 is 4.74 Å². The molecular weight excluding hydrogens is 292 g/mol. The van der Waals surface area contributed by atoms with Gasteiger partial charge in [0.25, 0.3) is 0 Å². The molecule has 1 aliphatic carbocycles. The average molecular weight is 310 g/mol. The van der Waals surface area contributed by atoms with Gasteiger partial charge >= 0.3 is 0 Å². The Morgan fingerprint density at radius 3 is 2.21 bits per heavy atom. The number of para-hydroxylation sites is 1. The van der Waals surface area contributed by atoms with Crippen LogP contribution in [0.3, 0.4) is 0 Å². The molecule has 0 N–H and O–H groups in total. The van der Waals surface area contributed by atoms with Crippen LogP contribution in [-0.2, 0) is 0 Å². The molecule has 2 aliphatic rings. The van der Waals surface area contributed by atoms with Crippen molar-refractivity contribution in [3.63, 3.8) is 0 Å². The topological polar surface area (TPSA) is 9.23 Å². The molecule has 3 aromatic rings. The highest BCUT2D eigenvalue weighted by Crippen LogP contribution is 2.54. The molecule has 0 spiro atoms. The summed E-state index contributed by atoms with van der Waals surface area (Å²) < 4.78 is 6.38. The first-order valence-corrected chi connectivity index (χ1v) is 8.49. The third-order valence-electron chi connectivity index (χ3n) is 5.29. The van der Waals surface area contributed by atoms with Crippen LogP contribution in [0.4, 0.5) is 0 Å². The van der Waals surface area contributed by atoms with E-state index in [1.807, 2.05) is 0 Å². The first kappa shape index (κ1) is 13.6. The standard InChI is InChI=1S/C23H18O/c1-15-17-11-5-6-12-18(17)23-21(15)22(16-9-3-2-4-10-16)19-13-7-8-14-20(19)24-23/h2-15,22H,1H3/t15-,22-/m0/s1. The molecule has 1 heteroatoms. The smallest absolute Gasteiger partial charge is 0.135 e. The molecule has 116 valence electrons. The summed E-state index contributed by atoms with van der Waals surface area (Å²) in [6.07, 6.45) is 0. The largest absolute Gasteiger partial charge is 0.456 e. The van der Waals surface area contributed by atoms with Crippen molar-refractivity contribution in [2.75, 3.05) is 0 Å². The molecule has 0 radical (unpaired) electrons. The zero-order valence-corrected chi connectivity index (χ0v) is 13.6. The molecule has 0 saturated heterocycles. The summed E-state index contributed by atoms with van der Waals surface area (Å²) in [7, 11) is 0. The zero-order chi connectivity index (χ0) is 16.1. The molecule has 24 heavy (non-hydrogen) atoms. The van der Waals surface area contributed by atoms with E-state index in [1.165, 1.54) is 27.8 Å². The van der Waals surface area contributed by atoms with Crippen LogP contribution in [0.5, 0.6) is 5.75 Å². The number of rotatable bonds is 1. The Bertz CT molecular complexity index is 953. The monoisotopic (exact) mass is 310 g/mol. The van der Waals surface area contributed by atoms with E-state index in [0.29, 0.717) is 5.92 Å². The lowest BCUT2D eigenvalue weighted by Gasteiger charge is -2.30. The lowest BCUT2D eigenvalue weighted by molar-refractivity contribution is 0.483. The minimum Gasteiger partial charge on any atom is -0.456 e.